The predicted octanol–water partition coefficient (Wildman–Crippen LogP) is 4.58. The second-order valence-electron chi connectivity index (χ2n) is 6.63. The van der Waals surface area contributed by atoms with Gasteiger partial charge in [-0.3, -0.25) is 10.1 Å². The topological polar surface area (TPSA) is 81.0 Å². The Morgan fingerprint density at radius 2 is 1.75 bits per heavy atom. The van der Waals surface area contributed by atoms with E-state index in [1.54, 1.807) is 6.07 Å². The zero-order valence-corrected chi connectivity index (χ0v) is 13.8. The Morgan fingerprint density at radius 3 is 2.38 bits per heavy atom. The Kier molecular flexibility index (Phi) is 3.89. The van der Waals surface area contributed by atoms with E-state index >= 15 is 0 Å². The molecule has 0 atom stereocenters. The van der Waals surface area contributed by atoms with Gasteiger partial charge in [0.2, 0.25) is 0 Å². The monoisotopic (exact) mass is 322 g/mol. The van der Waals surface area contributed by atoms with Gasteiger partial charge in [-0.25, -0.2) is 9.97 Å². The summed E-state index contributed by atoms with van der Waals surface area (Å²) in [5.74, 6) is 0.624. The van der Waals surface area contributed by atoms with E-state index in [2.05, 4.69) is 48.2 Å². The molecule has 0 aliphatic rings. The number of non-ortho nitro benzene ring substituents is 1. The number of benzene rings is 2. The molecule has 6 nitrogen and oxygen atoms in total. The first-order valence-corrected chi connectivity index (χ1v) is 7.61. The molecule has 0 aliphatic heterocycles. The molecule has 0 radical (unpaired) electrons. The summed E-state index contributed by atoms with van der Waals surface area (Å²) in [5.41, 5.74) is 2.80. The summed E-state index contributed by atoms with van der Waals surface area (Å²) in [5, 5.41) is 14.9. The van der Waals surface area contributed by atoms with Crippen molar-refractivity contribution in [2.24, 2.45) is 0 Å². The summed E-state index contributed by atoms with van der Waals surface area (Å²) in [6.45, 7) is 6.50. The number of rotatable bonds is 3. The Balaban J connectivity index is 1.94. The number of aromatic nitrogens is 2. The second-order valence-corrected chi connectivity index (χ2v) is 6.63. The van der Waals surface area contributed by atoms with E-state index in [0.29, 0.717) is 11.3 Å². The number of nitrogens with one attached hydrogen (secondary N) is 1. The van der Waals surface area contributed by atoms with Gasteiger partial charge in [0.05, 0.1) is 10.4 Å². The maximum atomic E-state index is 10.9. The van der Waals surface area contributed by atoms with Crippen molar-refractivity contribution < 1.29 is 4.92 Å². The summed E-state index contributed by atoms with van der Waals surface area (Å²) in [4.78, 5) is 18.8. The number of hydrogen-bond acceptors (Lipinski definition) is 5. The fourth-order valence-electron chi connectivity index (χ4n) is 2.45. The number of fused-ring (bicyclic) bond motifs is 1. The number of nitro groups is 1. The molecule has 24 heavy (non-hydrogen) atoms. The highest BCUT2D eigenvalue weighted by Crippen LogP contribution is 2.28. The molecule has 1 aromatic heterocycles. The maximum Gasteiger partial charge on any atom is 0.271 e. The third-order valence-corrected chi connectivity index (χ3v) is 3.84. The van der Waals surface area contributed by atoms with E-state index in [4.69, 9.17) is 0 Å². The summed E-state index contributed by atoms with van der Waals surface area (Å²) in [6, 6.07) is 12.7. The molecule has 122 valence electrons. The van der Waals surface area contributed by atoms with Crippen LogP contribution in [-0.2, 0) is 5.41 Å². The van der Waals surface area contributed by atoms with Gasteiger partial charge in [0.25, 0.3) is 5.69 Å². The van der Waals surface area contributed by atoms with Crippen LogP contribution in [0.4, 0.5) is 17.2 Å². The van der Waals surface area contributed by atoms with Gasteiger partial charge in [-0.05, 0) is 29.2 Å². The molecule has 6 heteroatoms. The van der Waals surface area contributed by atoms with E-state index in [-0.39, 0.29) is 11.1 Å². The molecule has 0 saturated carbocycles. The van der Waals surface area contributed by atoms with E-state index in [1.807, 2.05) is 12.1 Å². The minimum atomic E-state index is -0.431. The zero-order valence-electron chi connectivity index (χ0n) is 13.8. The molecule has 0 bridgehead atoms. The van der Waals surface area contributed by atoms with Crippen LogP contribution in [0.5, 0.6) is 0 Å². The van der Waals surface area contributed by atoms with Crippen molar-refractivity contribution >= 4 is 28.1 Å². The lowest BCUT2D eigenvalue weighted by molar-refractivity contribution is -0.384. The summed E-state index contributed by atoms with van der Waals surface area (Å²) >= 11 is 0. The number of nitrogens with zero attached hydrogens (tertiary/aromatic N) is 3. The van der Waals surface area contributed by atoms with Gasteiger partial charge in [-0.2, -0.15) is 0 Å². The van der Waals surface area contributed by atoms with Crippen LogP contribution in [0.3, 0.4) is 0 Å². The lowest BCUT2D eigenvalue weighted by Gasteiger charge is -2.19. The molecule has 1 N–H and O–H groups in total. The lowest BCUT2D eigenvalue weighted by Crippen LogP contribution is -2.10. The molecule has 0 spiro atoms. The average molecular weight is 322 g/mol. The second kappa shape index (κ2) is 5.88. The minimum Gasteiger partial charge on any atom is -0.340 e. The first-order valence-electron chi connectivity index (χ1n) is 7.61. The largest absolute Gasteiger partial charge is 0.340 e. The molecule has 3 rings (SSSR count). The van der Waals surface area contributed by atoms with Crippen molar-refractivity contribution in [2.75, 3.05) is 5.32 Å². The normalized spacial score (nSPS) is 11.5. The van der Waals surface area contributed by atoms with Crippen molar-refractivity contribution in [3.05, 3.63) is 64.5 Å². The minimum absolute atomic E-state index is 0.0154. The van der Waals surface area contributed by atoms with Crippen molar-refractivity contribution in [2.45, 2.75) is 26.2 Å². The van der Waals surface area contributed by atoms with Gasteiger partial charge in [0, 0.05) is 23.2 Å². The van der Waals surface area contributed by atoms with Crippen molar-refractivity contribution in [3.63, 3.8) is 0 Å². The van der Waals surface area contributed by atoms with E-state index in [9.17, 15) is 10.1 Å². The van der Waals surface area contributed by atoms with E-state index in [0.717, 1.165) is 11.1 Å². The molecule has 0 aliphatic carbocycles. The summed E-state index contributed by atoms with van der Waals surface area (Å²) in [7, 11) is 0. The molecule has 1 heterocycles. The highest BCUT2D eigenvalue weighted by atomic mass is 16.6. The Bertz CT molecular complexity index is 899. The quantitative estimate of drug-likeness (QED) is 0.564. The van der Waals surface area contributed by atoms with Gasteiger partial charge in [-0.15, -0.1) is 0 Å². The van der Waals surface area contributed by atoms with Gasteiger partial charge >= 0.3 is 0 Å². The van der Waals surface area contributed by atoms with Crippen LogP contribution in [-0.4, -0.2) is 14.9 Å². The maximum absolute atomic E-state index is 10.9. The molecule has 3 aromatic rings. The van der Waals surface area contributed by atoms with Gasteiger partial charge in [-0.1, -0.05) is 32.9 Å². The lowest BCUT2D eigenvalue weighted by atomic mass is 9.87. The standard InChI is InChI=1S/C18H18N4O2/c1-18(2,3)12-4-6-13(7-5-12)21-17-15-9-8-14(22(23)24)10-16(15)19-11-20-17/h4-11H,1-3H3,(H,19,20,21). The SMILES string of the molecule is CC(C)(C)c1ccc(Nc2ncnc3cc([N+](=O)[O-])ccc23)cc1. The van der Waals surface area contributed by atoms with Crippen molar-refractivity contribution in [1.82, 2.24) is 9.97 Å². The van der Waals surface area contributed by atoms with E-state index in [1.165, 1.54) is 24.0 Å². The summed E-state index contributed by atoms with van der Waals surface area (Å²) in [6.07, 6.45) is 1.40. The van der Waals surface area contributed by atoms with Crippen molar-refractivity contribution in [3.8, 4) is 0 Å². The number of nitro benzene ring substituents is 1. The highest BCUT2D eigenvalue weighted by molar-refractivity contribution is 5.91. The molecular weight excluding hydrogens is 304 g/mol. The first kappa shape index (κ1) is 15.9. The smallest absolute Gasteiger partial charge is 0.271 e. The fourth-order valence-corrected chi connectivity index (χ4v) is 2.45. The third kappa shape index (κ3) is 3.17. The van der Waals surface area contributed by atoms with Gasteiger partial charge < -0.3 is 5.32 Å². The molecule has 0 fully saturated rings. The van der Waals surface area contributed by atoms with Crippen LogP contribution in [0, 0.1) is 10.1 Å². The molecular formula is C18H18N4O2. The Hall–Kier alpha value is -3.02. The Morgan fingerprint density at radius 1 is 1.04 bits per heavy atom. The van der Waals surface area contributed by atoms with E-state index < -0.39 is 4.92 Å². The Labute approximate surface area is 139 Å². The zero-order chi connectivity index (χ0) is 17.3. The van der Waals surface area contributed by atoms with Crippen LogP contribution >= 0.6 is 0 Å². The van der Waals surface area contributed by atoms with Gasteiger partial charge in [0.15, 0.2) is 0 Å². The van der Waals surface area contributed by atoms with Crippen LogP contribution in [0.15, 0.2) is 48.8 Å². The number of anilines is 2. The van der Waals surface area contributed by atoms with Crippen LogP contribution in [0.2, 0.25) is 0 Å². The molecule has 0 unspecified atom stereocenters. The van der Waals surface area contributed by atoms with Gasteiger partial charge in [0.1, 0.15) is 12.1 Å². The van der Waals surface area contributed by atoms with Crippen LogP contribution in [0.1, 0.15) is 26.3 Å². The third-order valence-electron chi connectivity index (χ3n) is 3.84. The fraction of sp³-hybridized carbons (Fsp3) is 0.222. The molecule has 0 saturated heterocycles. The predicted molar refractivity (Wildman–Crippen MR) is 94.6 cm³/mol. The molecule has 0 amide bonds. The summed E-state index contributed by atoms with van der Waals surface area (Å²) < 4.78 is 0. The van der Waals surface area contributed by atoms with Crippen LogP contribution in [0.25, 0.3) is 10.9 Å². The highest BCUT2D eigenvalue weighted by Gasteiger charge is 2.13. The number of hydrogen-bond donors (Lipinski definition) is 1. The first-order chi connectivity index (χ1) is 11.3. The molecule has 2 aromatic carbocycles. The van der Waals surface area contributed by atoms with Crippen molar-refractivity contribution in [1.29, 1.82) is 0 Å². The average Bonchev–Trinajstić information content (AvgIpc) is 2.54. The van der Waals surface area contributed by atoms with Crippen LogP contribution < -0.4 is 5.32 Å².